The molecule has 0 bridgehead atoms. The molecule has 0 saturated carbocycles. The molecule has 0 radical (unpaired) electrons. The topological polar surface area (TPSA) is 75.7 Å². The summed E-state index contributed by atoms with van der Waals surface area (Å²) in [4.78, 5) is 39.0. The van der Waals surface area contributed by atoms with Crippen LogP contribution in [0.15, 0.2) is 47.4 Å². The van der Waals surface area contributed by atoms with Crippen LogP contribution in [0.5, 0.6) is 0 Å². The maximum absolute atomic E-state index is 12.6. The van der Waals surface area contributed by atoms with Gasteiger partial charge in [0.05, 0.1) is 11.3 Å². The summed E-state index contributed by atoms with van der Waals surface area (Å²) < 4.78 is 5.38. The number of hydrogen-bond donors (Lipinski definition) is 1. The molecule has 0 unspecified atom stereocenters. The molecule has 0 spiro atoms. The fraction of sp³-hybridized carbons (Fsp3) is 0.318. The number of amides is 2. The number of rotatable bonds is 7. The molecule has 6 nitrogen and oxygen atoms in total. The summed E-state index contributed by atoms with van der Waals surface area (Å²) in [6, 6.07) is 12.6. The van der Waals surface area contributed by atoms with Gasteiger partial charge in [-0.2, -0.15) is 0 Å². The molecule has 0 aliphatic heterocycles. The van der Waals surface area contributed by atoms with Crippen molar-refractivity contribution in [2.45, 2.75) is 31.8 Å². The van der Waals surface area contributed by atoms with Crippen LogP contribution in [0.2, 0.25) is 0 Å². The third-order valence-electron chi connectivity index (χ3n) is 4.26. The van der Waals surface area contributed by atoms with E-state index < -0.39 is 18.0 Å². The van der Waals surface area contributed by atoms with Crippen molar-refractivity contribution in [1.29, 1.82) is 0 Å². The van der Waals surface area contributed by atoms with E-state index >= 15 is 0 Å². The van der Waals surface area contributed by atoms with Gasteiger partial charge in [-0.05, 0) is 50.1 Å². The van der Waals surface area contributed by atoms with Crippen LogP contribution in [-0.2, 0) is 14.3 Å². The molecule has 2 aromatic carbocycles. The van der Waals surface area contributed by atoms with Gasteiger partial charge in [-0.15, -0.1) is 11.8 Å². The van der Waals surface area contributed by atoms with Crippen molar-refractivity contribution < 1.29 is 19.1 Å². The predicted octanol–water partition coefficient (Wildman–Crippen LogP) is 3.67. The molecule has 7 heteroatoms. The number of nitrogens with one attached hydrogen (secondary N) is 1. The third-order valence-corrected chi connectivity index (χ3v) is 5.32. The van der Waals surface area contributed by atoms with Crippen LogP contribution < -0.4 is 5.32 Å². The zero-order valence-electron chi connectivity index (χ0n) is 17.3. The highest BCUT2D eigenvalue weighted by Crippen LogP contribution is 2.24. The minimum Gasteiger partial charge on any atom is -0.449 e. The van der Waals surface area contributed by atoms with Crippen molar-refractivity contribution in [3.63, 3.8) is 0 Å². The van der Waals surface area contributed by atoms with Gasteiger partial charge in [-0.3, -0.25) is 9.59 Å². The normalized spacial score (nSPS) is 11.5. The van der Waals surface area contributed by atoms with E-state index in [4.69, 9.17) is 4.74 Å². The number of esters is 1. The molecule has 2 aromatic rings. The standard InChI is InChI=1S/C22H26N2O4S/c1-14-10-11-15(2)18(12-14)23-21(26)16(3)28-22(27)17-8-6-7-9-19(17)29-13-20(25)24(4)5/h6-12,16H,13H2,1-5H3,(H,23,26)/t16-/m1/s1. The molecule has 0 heterocycles. The largest absolute Gasteiger partial charge is 0.449 e. The molecule has 154 valence electrons. The Kier molecular flexibility index (Phi) is 7.84. The van der Waals surface area contributed by atoms with Gasteiger partial charge >= 0.3 is 5.97 Å². The van der Waals surface area contributed by atoms with Crippen LogP contribution in [0, 0.1) is 13.8 Å². The van der Waals surface area contributed by atoms with Crippen molar-refractivity contribution in [3.05, 3.63) is 59.2 Å². The number of carbonyl (C=O) groups excluding carboxylic acids is 3. The molecule has 2 amide bonds. The van der Waals surface area contributed by atoms with Gasteiger partial charge in [0.25, 0.3) is 5.91 Å². The Morgan fingerprint density at radius 1 is 1.10 bits per heavy atom. The summed E-state index contributed by atoms with van der Waals surface area (Å²) >= 11 is 1.26. The number of ether oxygens (including phenoxy) is 1. The highest BCUT2D eigenvalue weighted by molar-refractivity contribution is 8.00. The lowest BCUT2D eigenvalue weighted by atomic mass is 10.1. The average molecular weight is 415 g/mol. The molecule has 1 N–H and O–H groups in total. The summed E-state index contributed by atoms with van der Waals surface area (Å²) in [7, 11) is 3.36. The zero-order valence-corrected chi connectivity index (χ0v) is 18.1. The Hall–Kier alpha value is -2.80. The second-order valence-electron chi connectivity index (χ2n) is 6.93. The van der Waals surface area contributed by atoms with Gasteiger partial charge in [0, 0.05) is 24.7 Å². The van der Waals surface area contributed by atoms with Crippen molar-refractivity contribution in [3.8, 4) is 0 Å². The maximum Gasteiger partial charge on any atom is 0.340 e. The molecule has 0 aliphatic carbocycles. The van der Waals surface area contributed by atoms with Crippen LogP contribution in [0.3, 0.4) is 0 Å². The molecule has 1 atom stereocenters. The fourth-order valence-corrected chi connectivity index (χ4v) is 3.43. The zero-order chi connectivity index (χ0) is 21.6. The number of benzene rings is 2. The first-order valence-corrected chi connectivity index (χ1v) is 10.2. The Morgan fingerprint density at radius 3 is 2.48 bits per heavy atom. The van der Waals surface area contributed by atoms with Crippen LogP contribution in [0.1, 0.15) is 28.4 Å². The van der Waals surface area contributed by atoms with Crippen molar-refractivity contribution in [2.75, 3.05) is 25.2 Å². The average Bonchev–Trinajstić information content (AvgIpc) is 2.68. The van der Waals surface area contributed by atoms with Crippen LogP contribution in [0.25, 0.3) is 0 Å². The van der Waals surface area contributed by atoms with Gasteiger partial charge in [0.15, 0.2) is 6.10 Å². The van der Waals surface area contributed by atoms with E-state index in [1.165, 1.54) is 23.6 Å². The Labute approximate surface area is 175 Å². The van der Waals surface area contributed by atoms with Crippen LogP contribution in [-0.4, -0.2) is 48.6 Å². The SMILES string of the molecule is Cc1ccc(C)c(NC(=O)[C@@H](C)OC(=O)c2ccccc2SCC(=O)N(C)C)c1. The van der Waals surface area contributed by atoms with Crippen LogP contribution in [0.4, 0.5) is 5.69 Å². The highest BCUT2D eigenvalue weighted by atomic mass is 32.2. The van der Waals surface area contributed by atoms with Crippen LogP contribution >= 0.6 is 11.8 Å². The van der Waals surface area contributed by atoms with Gasteiger partial charge in [0.1, 0.15) is 0 Å². The lowest BCUT2D eigenvalue weighted by Crippen LogP contribution is -2.30. The predicted molar refractivity (Wildman–Crippen MR) is 115 cm³/mol. The monoisotopic (exact) mass is 414 g/mol. The summed E-state index contributed by atoms with van der Waals surface area (Å²) in [5.41, 5.74) is 2.97. The van der Waals surface area contributed by atoms with Crippen molar-refractivity contribution in [1.82, 2.24) is 4.90 Å². The number of hydrogen-bond acceptors (Lipinski definition) is 5. The van der Waals surface area contributed by atoms with Crippen molar-refractivity contribution in [2.24, 2.45) is 0 Å². The number of anilines is 1. The Balaban J connectivity index is 2.04. The Bertz CT molecular complexity index is 911. The van der Waals surface area contributed by atoms with E-state index in [0.717, 1.165) is 11.1 Å². The summed E-state index contributed by atoms with van der Waals surface area (Å²) in [5, 5.41) is 2.80. The molecule has 0 aromatic heterocycles. The number of aryl methyl sites for hydroxylation is 2. The lowest BCUT2D eigenvalue weighted by Gasteiger charge is -2.16. The minimum absolute atomic E-state index is 0.0561. The highest BCUT2D eigenvalue weighted by Gasteiger charge is 2.22. The van der Waals surface area contributed by atoms with Gasteiger partial charge in [-0.1, -0.05) is 24.3 Å². The molecular formula is C22H26N2O4S. The lowest BCUT2D eigenvalue weighted by molar-refractivity contribution is -0.126. The minimum atomic E-state index is -0.969. The quantitative estimate of drug-likeness (QED) is 0.553. The second kappa shape index (κ2) is 10.1. The summed E-state index contributed by atoms with van der Waals surface area (Å²) in [6.45, 7) is 5.37. The Morgan fingerprint density at radius 2 is 1.79 bits per heavy atom. The smallest absolute Gasteiger partial charge is 0.340 e. The van der Waals surface area contributed by atoms with Gasteiger partial charge in [-0.25, -0.2) is 4.79 Å². The van der Waals surface area contributed by atoms with E-state index in [-0.39, 0.29) is 11.7 Å². The number of nitrogens with zero attached hydrogens (tertiary/aromatic N) is 1. The molecule has 29 heavy (non-hydrogen) atoms. The summed E-state index contributed by atoms with van der Waals surface area (Å²) in [5.74, 6) is -0.853. The maximum atomic E-state index is 12.6. The molecule has 0 aliphatic rings. The summed E-state index contributed by atoms with van der Waals surface area (Å²) in [6.07, 6.45) is -0.969. The van der Waals surface area contributed by atoms with E-state index in [9.17, 15) is 14.4 Å². The molecular weight excluding hydrogens is 388 g/mol. The van der Waals surface area contributed by atoms with Crippen molar-refractivity contribution >= 4 is 35.2 Å². The van der Waals surface area contributed by atoms with Gasteiger partial charge in [0.2, 0.25) is 5.91 Å². The second-order valence-corrected chi connectivity index (χ2v) is 7.95. The molecule has 0 fully saturated rings. The number of thioether (sulfide) groups is 1. The van der Waals surface area contributed by atoms with E-state index in [2.05, 4.69) is 5.32 Å². The molecule has 2 rings (SSSR count). The molecule has 0 saturated heterocycles. The van der Waals surface area contributed by atoms with E-state index in [1.807, 2.05) is 32.0 Å². The first-order chi connectivity index (χ1) is 13.7. The van der Waals surface area contributed by atoms with Gasteiger partial charge < -0.3 is 15.0 Å². The number of carbonyl (C=O) groups is 3. The first-order valence-electron chi connectivity index (χ1n) is 9.20. The van der Waals surface area contributed by atoms with E-state index in [1.54, 1.807) is 38.4 Å². The van der Waals surface area contributed by atoms with E-state index in [0.29, 0.717) is 16.1 Å². The third kappa shape index (κ3) is 6.35. The fourth-order valence-electron chi connectivity index (χ4n) is 2.41. The first kappa shape index (κ1) is 22.5.